The summed E-state index contributed by atoms with van der Waals surface area (Å²) < 4.78 is 5.72. The molecule has 0 aliphatic carbocycles. The van der Waals surface area contributed by atoms with E-state index in [0.29, 0.717) is 5.88 Å². The Kier molecular flexibility index (Phi) is 4.61. The highest BCUT2D eigenvalue weighted by molar-refractivity contribution is 5.53. The molecule has 0 fully saturated rings. The van der Waals surface area contributed by atoms with Crippen molar-refractivity contribution >= 4 is 5.69 Å². The van der Waals surface area contributed by atoms with Crippen molar-refractivity contribution in [3.63, 3.8) is 0 Å². The van der Waals surface area contributed by atoms with Crippen LogP contribution in [0.15, 0.2) is 36.5 Å². The SMILES string of the molecule is Cc1cccc(C)c1CNc1cccnc1OC(C)C. The van der Waals surface area contributed by atoms with Crippen molar-refractivity contribution in [2.75, 3.05) is 5.32 Å². The molecule has 0 spiro atoms. The van der Waals surface area contributed by atoms with E-state index in [4.69, 9.17) is 4.74 Å². The second-order valence-corrected chi connectivity index (χ2v) is 5.25. The molecular formula is C17H22N2O. The molecule has 2 aromatic rings. The molecule has 20 heavy (non-hydrogen) atoms. The molecule has 0 bridgehead atoms. The molecule has 0 aliphatic heterocycles. The Morgan fingerprint density at radius 1 is 1.10 bits per heavy atom. The third kappa shape index (κ3) is 3.50. The third-order valence-corrected chi connectivity index (χ3v) is 3.22. The van der Waals surface area contributed by atoms with Gasteiger partial charge in [0.05, 0.1) is 11.8 Å². The maximum Gasteiger partial charge on any atom is 0.237 e. The Hall–Kier alpha value is -2.03. The van der Waals surface area contributed by atoms with Crippen LogP contribution in [-0.4, -0.2) is 11.1 Å². The van der Waals surface area contributed by atoms with Crippen molar-refractivity contribution in [3.05, 3.63) is 53.2 Å². The lowest BCUT2D eigenvalue weighted by Crippen LogP contribution is -2.10. The summed E-state index contributed by atoms with van der Waals surface area (Å²) in [6.45, 7) is 9.06. The molecule has 2 rings (SSSR count). The zero-order valence-corrected chi connectivity index (χ0v) is 12.6. The van der Waals surface area contributed by atoms with Gasteiger partial charge >= 0.3 is 0 Å². The maximum atomic E-state index is 5.72. The normalized spacial score (nSPS) is 10.7. The van der Waals surface area contributed by atoms with E-state index in [0.717, 1.165) is 12.2 Å². The molecule has 0 aliphatic rings. The van der Waals surface area contributed by atoms with Crippen molar-refractivity contribution in [2.45, 2.75) is 40.3 Å². The van der Waals surface area contributed by atoms with Crippen LogP contribution in [0, 0.1) is 13.8 Å². The van der Waals surface area contributed by atoms with E-state index in [1.165, 1.54) is 16.7 Å². The summed E-state index contributed by atoms with van der Waals surface area (Å²) in [5, 5.41) is 3.43. The number of benzene rings is 1. The Bertz CT molecular complexity index is 559. The third-order valence-electron chi connectivity index (χ3n) is 3.22. The molecule has 0 amide bonds. The van der Waals surface area contributed by atoms with Crippen molar-refractivity contribution in [1.29, 1.82) is 0 Å². The smallest absolute Gasteiger partial charge is 0.237 e. The monoisotopic (exact) mass is 270 g/mol. The summed E-state index contributed by atoms with van der Waals surface area (Å²) in [6, 6.07) is 10.3. The van der Waals surface area contributed by atoms with Crippen LogP contribution >= 0.6 is 0 Å². The largest absolute Gasteiger partial charge is 0.473 e. The van der Waals surface area contributed by atoms with Crippen LogP contribution in [0.1, 0.15) is 30.5 Å². The van der Waals surface area contributed by atoms with E-state index in [1.54, 1.807) is 6.20 Å². The van der Waals surface area contributed by atoms with E-state index in [1.807, 2.05) is 26.0 Å². The standard InChI is InChI=1S/C17H22N2O/c1-12(2)20-17-16(9-6-10-18-17)19-11-15-13(3)7-5-8-14(15)4/h5-10,12,19H,11H2,1-4H3. The molecule has 1 aromatic carbocycles. The molecule has 1 aromatic heterocycles. The predicted octanol–water partition coefficient (Wildman–Crippen LogP) is 4.10. The van der Waals surface area contributed by atoms with Gasteiger partial charge in [0.1, 0.15) is 0 Å². The molecule has 0 atom stereocenters. The van der Waals surface area contributed by atoms with E-state index in [2.05, 4.69) is 42.3 Å². The van der Waals surface area contributed by atoms with Gasteiger partial charge in [-0.3, -0.25) is 0 Å². The second-order valence-electron chi connectivity index (χ2n) is 5.25. The predicted molar refractivity (Wildman–Crippen MR) is 83.2 cm³/mol. The molecule has 3 nitrogen and oxygen atoms in total. The van der Waals surface area contributed by atoms with Crippen LogP contribution in [0.25, 0.3) is 0 Å². The average Bonchev–Trinajstić information content (AvgIpc) is 2.39. The number of aromatic nitrogens is 1. The highest BCUT2D eigenvalue weighted by atomic mass is 16.5. The maximum absolute atomic E-state index is 5.72. The van der Waals surface area contributed by atoms with Crippen molar-refractivity contribution < 1.29 is 4.74 Å². The number of aryl methyl sites for hydroxylation is 2. The molecule has 1 N–H and O–H groups in total. The van der Waals surface area contributed by atoms with Gasteiger partial charge in [0.2, 0.25) is 5.88 Å². The lowest BCUT2D eigenvalue weighted by Gasteiger charge is -2.16. The van der Waals surface area contributed by atoms with Gasteiger partial charge < -0.3 is 10.1 Å². The summed E-state index contributed by atoms with van der Waals surface area (Å²) >= 11 is 0. The first-order valence-electron chi connectivity index (χ1n) is 6.98. The van der Waals surface area contributed by atoms with E-state index < -0.39 is 0 Å². The number of nitrogens with one attached hydrogen (secondary N) is 1. The van der Waals surface area contributed by atoms with E-state index in [-0.39, 0.29) is 6.10 Å². The number of ether oxygens (including phenoxy) is 1. The summed E-state index contributed by atoms with van der Waals surface area (Å²) in [4.78, 5) is 4.29. The molecule has 0 saturated heterocycles. The van der Waals surface area contributed by atoms with Crippen LogP contribution in [0.2, 0.25) is 0 Å². The quantitative estimate of drug-likeness (QED) is 0.888. The van der Waals surface area contributed by atoms with Crippen LogP contribution in [-0.2, 0) is 6.54 Å². The highest BCUT2D eigenvalue weighted by Gasteiger charge is 2.08. The molecule has 0 unspecified atom stereocenters. The topological polar surface area (TPSA) is 34.2 Å². The number of hydrogen-bond donors (Lipinski definition) is 1. The number of nitrogens with zero attached hydrogens (tertiary/aromatic N) is 1. The number of hydrogen-bond acceptors (Lipinski definition) is 3. The lowest BCUT2D eigenvalue weighted by molar-refractivity contribution is 0.234. The minimum atomic E-state index is 0.116. The molecule has 1 heterocycles. The van der Waals surface area contributed by atoms with Gasteiger partial charge in [0.15, 0.2) is 0 Å². The van der Waals surface area contributed by atoms with Crippen molar-refractivity contribution in [3.8, 4) is 5.88 Å². The van der Waals surface area contributed by atoms with Crippen molar-refractivity contribution in [2.24, 2.45) is 0 Å². The summed E-state index contributed by atoms with van der Waals surface area (Å²) in [7, 11) is 0. The Balaban J connectivity index is 2.15. The van der Waals surface area contributed by atoms with Crippen LogP contribution in [0.3, 0.4) is 0 Å². The van der Waals surface area contributed by atoms with Gasteiger partial charge in [-0.2, -0.15) is 0 Å². The molecule has 3 heteroatoms. The number of anilines is 1. The fourth-order valence-electron chi connectivity index (χ4n) is 2.15. The molecule has 0 radical (unpaired) electrons. The molecule has 0 saturated carbocycles. The minimum absolute atomic E-state index is 0.116. The molecule has 106 valence electrons. The lowest BCUT2D eigenvalue weighted by atomic mass is 10.0. The van der Waals surface area contributed by atoms with E-state index in [9.17, 15) is 0 Å². The van der Waals surface area contributed by atoms with Crippen LogP contribution in [0.4, 0.5) is 5.69 Å². The Labute approximate surface area is 121 Å². The first-order chi connectivity index (χ1) is 9.58. The summed E-state index contributed by atoms with van der Waals surface area (Å²) in [6.07, 6.45) is 1.87. The van der Waals surface area contributed by atoms with Gasteiger partial charge in [0.25, 0.3) is 0 Å². The Morgan fingerprint density at radius 2 is 1.80 bits per heavy atom. The molecular weight excluding hydrogens is 248 g/mol. The minimum Gasteiger partial charge on any atom is -0.473 e. The van der Waals surface area contributed by atoms with Crippen LogP contribution in [0.5, 0.6) is 5.88 Å². The zero-order valence-electron chi connectivity index (χ0n) is 12.6. The first-order valence-corrected chi connectivity index (χ1v) is 6.98. The second kappa shape index (κ2) is 6.42. The van der Waals surface area contributed by atoms with Crippen LogP contribution < -0.4 is 10.1 Å². The van der Waals surface area contributed by atoms with Gasteiger partial charge in [-0.25, -0.2) is 4.98 Å². The fraction of sp³-hybridized carbons (Fsp3) is 0.353. The number of rotatable bonds is 5. The Morgan fingerprint density at radius 3 is 2.45 bits per heavy atom. The number of pyridine rings is 1. The van der Waals surface area contributed by atoms with Gasteiger partial charge in [-0.1, -0.05) is 18.2 Å². The summed E-state index contributed by atoms with van der Waals surface area (Å²) in [5.41, 5.74) is 4.86. The highest BCUT2D eigenvalue weighted by Crippen LogP contribution is 2.23. The average molecular weight is 270 g/mol. The van der Waals surface area contributed by atoms with E-state index >= 15 is 0 Å². The fourth-order valence-corrected chi connectivity index (χ4v) is 2.15. The summed E-state index contributed by atoms with van der Waals surface area (Å²) in [5.74, 6) is 0.661. The zero-order chi connectivity index (χ0) is 14.5. The van der Waals surface area contributed by atoms with Gasteiger partial charge in [-0.15, -0.1) is 0 Å². The van der Waals surface area contributed by atoms with Gasteiger partial charge in [-0.05, 0) is 56.5 Å². The van der Waals surface area contributed by atoms with Crippen molar-refractivity contribution in [1.82, 2.24) is 4.98 Å². The first kappa shape index (κ1) is 14.4. The van der Waals surface area contributed by atoms with Gasteiger partial charge in [0, 0.05) is 12.7 Å².